The van der Waals surface area contributed by atoms with Gasteiger partial charge in [0.05, 0.1) is 27.8 Å². The van der Waals surface area contributed by atoms with Gasteiger partial charge < -0.3 is 5.32 Å². The molecule has 3 rings (SSSR count). The third-order valence-corrected chi connectivity index (χ3v) is 5.76. The highest BCUT2D eigenvalue weighted by molar-refractivity contribution is 7.91. The number of rotatable bonds is 2. The molecule has 140 valence electrons. The van der Waals surface area contributed by atoms with Crippen LogP contribution < -0.4 is 5.32 Å². The van der Waals surface area contributed by atoms with Crippen LogP contribution in [0.5, 0.6) is 0 Å². The molecule has 0 amide bonds. The highest BCUT2D eigenvalue weighted by atomic mass is 32.2. The van der Waals surface area contributed by atoms with Crippen LogP contribution >= 0.6 is 0 Å². The van der Waals surface area contributed by atoms with Crippen LogP contribution in [0.3, 0.4) is 0 Å². The van der Waals surface area contributed by atoms with E-state index in [9.17, 15) is 34.8 Å². The summed E-state index contributed by atoms with van der Waals surface area (Å²) < 4.78 is 102. The molecule has 26 heavy (non-hydrogen) atoms. The van der Waals surface area contributed by atoms with Crippen LogP contribution in [0.25, 0.3) is 0 Å². The van der Waals surface area contributed by atoms with Crippen LogP contribution in [0.4, 0.5) is 32.0 Å². The maximum absolute atomic E-state index is 12.9. The summed E-state index contributed by atoms with van der Waals surface area (Å²) in [5.41, 5.74) is -3.09. The first-order valence-corrected chi connectivity index (χ1v) is 8.91. The van der Waals surface area contributed by atoms with Gasteiger partial charge in [0.2, 0.25) is 0 Å². The molecule has 1 aliphatic rings. The molecule has 1 atom stereocenters. The molecule has 0 radical (unpaired) electrons. The van der Waals surface area contributed by atoms with Crippen molar-refractivity contribution >= 4 is 15.5 Å². The molecule has 1 N–H and O–H groups in total. The van der Waals surface area contributed by atoms with E-state index in [1.807, 2.05) is 0 Å². The zero-order chi connectivity index (χ0) is 19.3. The van der Waals surface area contributed by atoms with Gasteiger partial charge in [-0.2, -0.15) is 26.3 Å². The van der Waals surface area contributed by atoms with Crippen LogP contribution in [0.2, 0.25) is 0 Å². The molecule has 10 heteroatoms. The molecular formula is C16H11F6NO2S. The fourth-order valence-corrected chi connectivity index (χ4v) is 4.55. The molecule has 0 saturated carbocycles. The van der Waals surface area contributed by atoms with Crippen molar-refractivity contribution in [3.05, 3.63) is 59.2 Å². The average molecular weight is 395 g/mol. The second-order valence-corrected chi connectivity index (χ2v) is 7.81. The van der Waals surface area contributed by atoms with E-state index in [0.717, 1.165) is 0 Å². The first-order chi connectivity index (χ1) is 11.9. The standard InChI is InChI=1S/C16H11F6NO2S/c17-15(18,19)9-5-10(16(20,21)22)7-11(6-9)23-13-8-26(24,25)14-4-2-1-3-12(13)14/h1-7,13,23H,8H2. The third-order valence-electron chi connectivity index (χ3n) is 3.94. The number of nitrogens with one attached hydrogen (secondary N) is 1. The number of fused-ring (bicyclic) bond motifs is 1. The summed E-state index contributed by atoms with van der Waals surface area (Å²) in [6.07, 6.45) is -9.95. The van der Waals surface area contributed by atoms with Gasteiger partial charge in [0.15, 0.2) is 9.84 Å². The summed E-state index contributed by atoms with van der Waals surface area (Å²) in [6, 6.07) is 5.98. The van der Waals surface area contributed by atoms with Gasteiger partial charge in [0.25, 0.3) is 0 Å². The molecule has 0 spiro atoms. The predicted octanol–water partition coefficient (Wildman–Crippen LogP) is 4.66. The lowest BCUT2D eigenvalue weighted by Crippen LogP contribution is -2.16. The Morgan fingerprint density at radius 2 is 1.42 bits per heavy atom. The molecule has 1 unspecified atom stereocenters. The fraction of sp³-hybridized carbons (Fsp3) is 0.250. The number of hydrogen-bond acceptors (Lipinski definition) is 3. The van der Waals surface area contributed by atoms with E-state index in [0.29, 0.717) is 17.7 Å². The lowest BCUT2D eigenvalue weighted by atomic mass is 10.1. The second-order valence-electron chi connectivity index (χ2n) is 5.81. The minimum absolute atomic E-state index is 0.0144. The predicted molar refractivity (Wildman–Crippen MR) is 81.3 cm³/mol. The van der Waals surface area contributed by atoms with Gasteiger partial charge in [-0.1, -0.05) is 18.2 Å². The quantitative estimate of drug-likeness (QED) is 0.752. The number of sulfone groups is 1. The van der Waals surface area contributed by atoms with E-state index in [2.05, 4.69) is 5.32 Å². The van der Waals surface area contributed by atoms with Gasteiger partial charge >= 0.3 is 12.4 Å². The van der Waals surface area contributed by atoms with E-state index in [-0.39, 0.29) is 11.0 Å². The molecule has 0 fully saturated rings. The van der Waals surface area contributed by atoms with E-state index in [4.69, 9.17) is 0 Å². The van der Waals surface area contributed by atoms with Gasteiger partial charge in [0.1, 0.15) is 0 Å². The molecule has 1 aliphatic heterocycles. The van der Waals surface area contributed by atoms with Gasteiger partial charge in [-0.25, -0.2) is 8.42 Å². The van der Waals surface area contributed by atoms with Crippen molar-refractivity contribution in [1.29, 1.82) is 0 Å². The van der Waals surface area contributed by atoms with Crippen molar-refractivity contribution in [2.45, 2.75) is 23.3 Å². The molecule has 3 nitrogen and oxygen atoms in total. The summed E-state index contributed by atoms with van der Waals surface area (Å²) in [5.74, 6) is -0.454. The smallest absolute Gasteiger partial charge is 0.377 e. The van der Waals surface area contributed by atoms with E-state index >= 15 is 0 Å². The minimum atomic E-state index is -4.97. The molecule has 2 aromatic carbocycles. The second kappa shape index (κ2) is 5.90. The van der Waals surface area contributed by atoms with Crippen molar-refractivity contribution in [3.8, 4) is 0 Å². The lowest BCUT2D eigenvalue weighted by Gasteiger charge is -2.18. The van der Waals surface area contributed by atoms with Crippen LogP contribution in [0.1, 0.15) is 22.7 Å². The zero-order valence-electron chi connectivity index (χ0n) is 12.8. The Bertz CT molecular complexity index is 918. The van der Waals surface area contributed by atoms with Crippen molar-refractivity contribution in [1.82, 2.24) is 0 Å². The topological polar surface area (TPSA) is 46.2 Å². The minimum Gasteiger partial charge on any atom is -0.377 e. The Morgan fingerprint density at radius 3 is 1.96 bits per heavy atom. The highest BCUT2D eigenvalue weighted by Gasteiger charge is 2.38. The normalized spacial score (nSPS) is 19.2. The average Bonchev–Trinajstić information content (AvgIpc) is 2.77. The number of anilines is 1. The molecule has 0 saturated heterocycles. The number of alkyl halides is 6. The maximum Gasteiger partial charge on any atom is 0.416 e. The van der Waals surface area contributed by atoms with Crippen LogP contribution in [0, 0.1) is 0 Å². The van der Waals surface area contributed by atoms with Crippen molar-refractivity contribution in [2.75, 3.05) is 11.1 Å². The molecule has 2 aromatic rings. The summed E-state index contributed by atoms with van der Waals surface area (Å²) >= 11 is 0. The van der Waals surface area contributed by atoms with Crippen LogP contribution in [-0.4, -0.2) is 14.2 Å². The molecule has 0 bridgehead atoms. The third kappa shape index (κ3) is 3.50. The Kier molecular flexibility index (Phi) is 4.21. The molecule has 1 heterocycles. The highest BCUT2D eigenvalue weighted by Crippen LogP contribution is 2.40. The monoisotopic (exact) mass is 395 g/mol. The van der Waals surface area contributed by atoms with Gasteiger partial charge in [-0.3, -0.25) is 0 Å². The Balaban J connectivity index is 2.03. The van der Waals surface area contributed by atoms with E-state index in [1.54, 1.807) is 6.07 Å². The van der Waals surface area contributed by atoms with Crippen molar-refractivity contribution in [2.24, 2.45) is 0 Å². The fourth-order valence-electron chi connectivity index (χ4n) is 2.81. The van der Waals surface area contributed by atoms with Gasteiger partial charge in [0, 0.05) is 5.69 Å². The van der Waals surface area contributed by atoms with Crippen molar-refractivity contribution < 1.29 is 34.8 Å². The Labute approximate surface area is 144 Å². The molecular weight excluding hydrogens is 384 g/mol. The summed E-state index contributed by atoms with van der Waals surface area (Å²) in [6.45, 7) is 0. The number of hydrogen-bond donors (Lipinski definition) is 1. The largest absolute Gasteiger partial charge is 0.416 e. The van der Waals surface area contributed by atoms with E-state index < -0.39 is 50.8 Å². The SMILES string of the molecule is O=S1(=O)CC(Nc2cc(C(F)(F)F)cc(C(F)(F)F)c2)c2ccccc21. The number of halogens is 6. The molecule has 0 aromatic heterocycles. The van der Waals surface area contributed by atoms with Gasteiger partial charge in [-0.15, -0.1) is 0 Å². The van der Waals surface area contributed by atoms with Crippen molar-refractivity contribution in [3.63, 3.8) is 0 Å². The zero-order valence-corrected chi connectivity index (χ0v) is 13.6. The first-order valence-electron chi connectivity index (χ1n) is 7.26. The maximum atomic E-state index is 12.9. The van der Waals surface area contributed by atoms with Crippen LogP contribution in [0.15, 0.2) is 47.4 Å². The Morgan fingerprint density at radius 1 is 0.885 bits per heavy atom. The first kappa shape index (κ1) is 18.6. The Hall–Kier alpha value is -2.23. The lowest BCUT2D eigenvalue weighted by molar-refractivity contribution is -0.143. The summed E-state index contributed by atoms with van der Waals surface area (Å²) in [7, 11) is -3.66. The van der Waals surface area contributed by atoms with Crippen LogP contribution in [-0.2, 0) is 22.2 Å². The summed E-state index contributed by atoms with van der Waals surface area (Å²) in [4.78, 5) is 0.0144. The number of benzene rings is 2. The van der Waals surface area contributed by atoms with Gasteiger partial charge in [-0.05, 0) is 29.8 Å². The van der Waals surface area contributed by atoms with E-state index in [1.165, 1.54) is 18.2 Å². The summed E-state index contributed by atoms with van der Waals surface area (Å²) in [5, 5.41) is 2.50. The molecule has 0 aliphatic carbocycles.